The van der Waals surface area contributed by atoms with Crippen LogP contribution in [0.5, 0.6) is 0 Å². The SMILES string of the molecule is CCC(C)C(O)CNC(=O)CCC1CCNCC1.Cl. The lowest BCUT2D eigenvalue weighted by Crippen LogP contribution is -2.35. The summed E-state index contributed by atoms with van der Waals surface area (Å²) in [6, 6.07) is 0. The second kappa shape index (κ2) is 10.5. The summed E-state index contributed by atoms with van der Waals surface area (Å²) >= 11 is 0. The molecule has 0 aromatic carbocycles. The number of halogens is 1. The molecule has 1 saturated heterocycles. The van der Waals surface area contributed by atoms with Gasteiger partial charge >= 0.3 is 0 Å². The van der Waals surface area contributed by atoms with Crippen molar-refractivity contribution in [1.82, 2.24) is 10.6 Å². The molecule has 1 aliphatic heterocycles. The molecule has 0 saturated carbocycles. The van der Waals surface area contributed by atoms with E-state index in [0.29, 0.717) is 18.9 Å². The first-order valence-electron chi connectivity index (χ1n) is 7.29. The van der Waals surface area contributed by atoms with Crippen molar-refractivity contribution in [2.45, 2.75) is 52.1 Å². The minimum atomic E-state index is -0.419. The summed E-state index contributed by atoms with van der Waals surface area (Å²) in [6.45, 7) is 6.61. The van der Waals surface area contributed by atoms with Crippen LogP contribution in [-0.2, 0) is 4.79 Å². The predicted octanol–water partition coefficient (Wildman–Crippen LogP) is 1.71. The molecule has 0 radical (unpaired) electrons. The fourth-order valence-electron chi connectivity index (χ4n) is 2.29. The number of aliphatic hydroxyl groups is 1. The number of hydrogen-bond donors (Lipinski definition) is 3. The highest BCUT2D eigenvalue weighted by Gasteiger charge is 2.16. The molecule has 1 aliphatic rings. The van der Waals surface area contributed by atoms with Gasteiger partial charge < -0.3 is 15.7 Å². The van der Waals surface area contributed by atoms with Gasteiger partial charge in [0, 0.05) is 13.0 Å². The second-order valence-corrected chi connectivity index (χ2v) is 5.49. The van der Waals surface area contributed by atoms with E-state index in [2.05, 4.69) is 10.6 Å². The highest BCUT2D eigenvalue weighted by molar-refractivity contribution is 5.85. The highest BCUT2D eigenvalue weighted by atomic mass is 35.5. The van der Waals surface area contributed by atoms with E-state index >= 15 is 0 Å². The van der Waals surface area contributed by atoms with E-state index in [0.717, 1.165) is 25.9 Å². The fraction of sp³-hybridized carbons (Fsp3) is 0.929. The van der Waals surface area contributed by atoms with Gasteiger partial charge in [-0.25, -0.2) is 0 Å². The van der Waals surface area contributed by atoms with E-state index < -0.39 is 6.10 Å². The number of piperidine rings is 1. The van der Waals surface area contributed by atoms with Crippen LogP contribution in [0.4, 0.5) is 0 Å². The molecule has 4 nitrogen and oxygen atoms in total. The zero-order valence-corrected chi connectivity index (χ0v) is 13.0. The molecule has 19 heavy (non-hydrogen) atoms. The van der Waals surface area contributed by atoms with E-state index in [-0.39, 0.29) is 24.2 Å². The van der Waals surface area contributed by atoms with Crippen molar-refractivity contribution in [2.75, 3.05) is 19.6 Å². The molecule has 1 amide bonds. The average molecular weight is 293 g/mol. The number of carbonyl (C=O) groups is 1. The molecular formula is C14H29ClN2O2. The topological polar surface area (TPSA) is 61.4 Å². The molecule has 5 heteroatoms. The minimum absolute atomic E-state index is 0. The van der Waals surface area contributed by atoms with Crippen molar-refractivity contribution in [2.24, 2.45) is 11.8 Å². The van der Waals surface area contributed by atoms with Crippen LogP contribution in [0.1, 0.15) is 46.0 Å². The van der Waals surface area contributed by atoms with Crippen LogP contribution in [-0.4, -0.2) is 36.8 Å². The van der Waals surface area contributed by atoms with Gasteiger partial charge in [0.1, 0.15) is 0 Å². The van der Waals surface area contributed by atoms with Gasteiger partial charge in [-0.15, -0.1) is 12.4 Å². The quantitative estimate of drug-likeness (QED) is 0.669. The van der Waals surface area contributed by atoms with Crippen LogP contribution in [0.15, 0.2) is 0 Å². The summed E-state index contributed by atoms with van der Waals surface area (Å²) in [5, 5.41) is 15.9. The van der Waals surface area contributed by atoms with Crippen molar-refractivity contribution in [3.05, 3.63) is 0 Å². The van der Waals surface area contributed by atoms with Gasteiger partial charge in [-0.3, -0.25) is 4.79 Å². The maximum absolute atomic E-state index is 11.7. The number of hydrogen-bond acceptors (Lipinski definition) is 3. The molecule has 2 unspecified atom stereocenters. The molecule has 0 aliphatic carbocycles. The molecule has 3 N–H and O–H groups in total. The van der Waals surface area contributed by atoms with E-state index in [1.165, 1.54) is 12.8 Å². The maximum atomic E-state index is 11.7. The second-order valence-electron chi connectivity index (χ2n) is 5.49. The monoisotopic (exact) mass is 292 g/mol. The van der Waals surface area contributed by atoms with E-state index in [1.807, 2.05) is 13.8 Å². The van der Waals surface area contributed by atoms with Crippen LogP contribution in [0, 0.1) is 11.8 Å². The molecule has 1 fully saturated rings. The van der Waals surface area contributed by atoms with Crippen molar-refractivity contribution in [1.29, 1.82) is 0 Å². The molecule has 0 spiro atoms. The van der Waals surface area contributed by atoms with Crippen molar-refractivity contribution in [3.8, 4) is 0 Å². The summed E-state index contributed by atoms with van der Waals surface area (Å²) in [5.41, 5.74) is 0. The van der Waals surface area contributed by atoms with Crippen LogP contribution in [0.2, 0.25) is 0 Å². The van der Waals surface area contributed by atoms with Gasteiger partial charge in [-0.1, -0.05) is 20.3 Å². The third-order valence-corrected chi connectivity index (χ3v) is 4.05. The lowest BCUT2D eigenvalue weighted by molar-refractivity contribution is -0.122. The largest absolute Gasteiger partial charge is 0.391 e. The normalized spacial score (nSPS) is 19.3. The summed E-state index contributed by atoms with van der Waals surface area (Å²) < 4.78 is 0. The lowest BCUT2D eigenvalue weighted by Gasteiger charge is -2.22. The Bertz CT molecular complexity index is 238. The van der Waals surface area contributed by atoms with Crippen LogP contribution < -0.4 is 10.6 Å². The fourth-order valence-corrected chi connectivity index (χ4v) is 2.29. The predicted molar refractivity (Wildman–Crippen MR) is 80.5 cm³/mol. The number of carbonyl (C=O) groups excluding carboxylic acids is 1. The summed E-state index contributed by atoms with van der Waals surface area (Å²) in [7, 11) is 0. The zero-order chi connectivity index (χ0) is 13.4. The maximum Gasteiger partial charge on any atom is 0.220 e. The van der Waals surface area contributed by atoms with Gasteiger partial charge in [-0.2, -0.15) is 0 Å². The molecule has 0 aromatic rings. The first kappa shape index (κ1) is 18.7. The van der Waals surface area contributed by atoms with E-state index in [1.54, 1.807) is 0 Å². The van der Waals surface area contributed by atoms with Gasteiger partial charge in [0.05, 0.1) is 6.10 Å². The van der Waals surface area contributed by atoms with Gasteiger partial charge in [0.25, 0.3) is 0 Å². The minimum Gasteiger partial charge on any atom is -0.391 e. The Morgan fingerprint density at radius 3 is 2.63 bits per heavy atom. The number of rotatable bonds is 7. The molecular weight excluding hydrogens is 264 g/mol. The Labute approximate surface area is 123 Å². The number of amides is 1. The average Bonchev–Trinajstić information content (AvgIpc) is 2.42. The number of nitrogens with one attached hydrogen (secondary N) is 2. The van der Waals surface area contributed by atoms with Crippen LogP contribution in [0.3, 0.4) is 0 Å². The van der Waals surface area contributed by atoms with Gasteiger partial charge in [0.15, 0.2) is 0 Å². The molecule has 0 aromatic heterocycles. The Balaban J connectivity index is 0.00000324. The Kier molecular flexibility index (Phi) is 10.3. The van der Waals surface area contributed by atoms with Crippen molar-refractivity contribution >= 4 is 18.3 Å². The van der Waals surface area contributed by atoms with E-state index in [9.17, 15) is 9.90 Å². The summed E-state index contributed by atoms with van der Waals surface area (Å²) in [5.74, 6) is 1.02. The molecule has 1 heterocycles. The van der Waals surface area contributed by atoms with Gasteiger partial charge in [0.2, 0.25) is 5.91 Å². The Morgan fingerprint density at radius 1 is 1.42 bits per heavy atom. The Morgan fingerprint density at radius 2 is 2.05 bits per heavy atom. The molecule has 114 valence electrons. The highest BCUT2D eigenvalue weighted by Crippen LogP contribution is 2.17. The first-order valence-corrected chi connectivity index (χ1v) is 7.29. The zero-order valence-electron chi connectivity index (χ0n) is 12.2. The van der Waals surface area contributed by atoms with E-state index in [4.69, 9.17) is 0 Å². The molecule has 0 bridgehead atoms. The van der Waals surface area contributed by atoms with Crippen molar-refractivity contribution in [3.63, 3.8) is 0 Å². The molecule has 1 rings (SSSR count). The standard InChI is InChI=1S/C14H28N2O2.ClH/c1-3-11(2)13(17)10-16-14(18)5-4-12-6-8-15-9-7-12;/h11-13,15,17H,3-10H2,1-2H3,(H,16,18);1H. The lowest BCUT2D eigenvalue weighted by atomic mass is 9.93. The summed E-state index contributed by atoms with van der Waals surface area (Å²) in [4.78, 5) is 11.7. The van der Waals surface area contributed by atoms with Crippen LogP contribution >= 0.6 is 12.4 Å². The first-order chi connectivity index (χ1) is 8.63. The van der Waals surface area contributed by atoms with Crippen LogP contribution in [0.25, 0.3) is 0 Å². The smallest absolute Gasteiger partial charge is 0.220 e. The third kappa shape index (κ3) is 7.75. The third-order valence-electron chi connectivity index (χ3n) is 4.05. The Hall–Kier alpha value is -0.320. The number of aliphatic hydroxyl groups excluding tert-OH is 1. The van der Waals surface area contributed by atoms with Gasteiger partial charge in [-0.05, 0) is 44.2 Å². The molecule has 2 atom stereocenters. The summed E-state index contributed by atoms with van der Waals surface area (Å²) in [6.07, 6.45) is 4.46. The van der Waals surface area contributed by atoms with Crippen molar-refractivity contribution < 1.29 is 9.90 Å².